The summed E-state index contributed by atoms with van der Waals surface area (Å²) in [4.78, 5) is 12.0. The summed E-state index contributed by atoms with van der Waals surface area (Å²) in [7, 11) is 3.21. The zero-order valence-corrected chi connectivity index (χ0v) is 13.5. The Morgan fingerprint density at radius 1 is 1.04 bits per heavy atom. The quantitative estimate of drug-likeness (QED) is 0.779. The third-order valence-electron chi connectivity index (χ3n) is 3.26. The molecule has 1 heterocycles. The van der Waals surface area contributed by atoms with Gasteiger partial charge < -0.3 is 14.8 Å². The van der Waals surface area contributed by atoms with Gasteiger partial charge in [-0.25, -0.2) is 4.57 Å². The first-order chi connectivity index (χ1) is 11.2. The summed E-state index contributed by atoms with van der Waals surface area (Å²) in [6.07, 6.45) is 0. The topological polar surface area (TPSA) is 65.4 Å². The highest BCUT2D eigenvalue weighted by molar-refractivity contribution is 7.03. The molecule has 1 aromatic heterocycles. The summed E-state index contributed by atoms with van der Waals surface area (Å²) < 4.78 is 16.0. The lowest BCUT2D eigenvalue weighted by Gasteiger charge is -2.10. The molecule has 6 nitrogen and oxygen atoms in total. The Bertz CT molecular complexity index is 856. The molecule has 0 aliphatic carbocycles. The first-order valence-corrected chi connectivity index (χ1v) is 7.63. The highest BCUT2D eigenvalue weighted by Crippen LogP contribution is 2.22. The first kappa shape index (κ1) is 15.1. The summed E-state index contributed by atoms with van der Waals surface area (Å²) in [6.45, 7) is 0. The third-order valence-corrected chi connectivity index (χ3v) is 3.86. The Morgan fingerprint density at radius 3 is 2.48 bits per heavy atom. The number of benzene rings is 2. The van der Waals surface area contributed by atoms with Crippen LogP contribution in [0.2, 0.25) is 0 Å². The van der Waals surface area contributed by atoms with Crippen LogP contribution in [0.15, 0.2) is 53.3 Å². The Morgan fingerprint density at radius 2 is 1.78 bits per heavy atom. The highest BCUT2D eigenvalue weighted by Gasteiger charge is 2.11. The van der Waals surface area contributed by atoms with E-state index in [1.165, 1.54) is 4.57 Å². The molecular weight excluding hydrogens is 314 g/mol. The summed E-state index contributed by atoms with van der Waals surface area (Å²) >= 11 is 0.897. The van der Waals surface area contributed by atoms with E-state index in [-0.39, 0.29) is 4.87 Å². The molecule has 0 radical (unpaired) electrons. The molecule has 0 aliphatic heterocycles. The second-order valence-corrected chi connectivity index (χ2v) is 5.38. The van der Waals surface area contributed by atoms with E-state index in [1.54, 1.807) is 26.4 Å². The molecule has 118 valence electrons. The van der Waals surface area contributed by atoms with Crippen LogP contribution < -0.4 is 19.7 Å². The molecule has 1 N–H and O–H groups in total. The zero-order valence-electron chi connectivity index (χ0n) is 12.6. The molecule has 0 saturated carbocycles. The number of methoxy groups -OCH3 is 2. The van der Waals surface area contributed by atoms with Gasteiger partial charge in [0.15, 0.2) is 0 Å². The Labute approximate surface area is 137 Å². The zero-order chi connectivity index (χ0) is 16.2. The molecule has 0 amide bonds. The number of ether oxygens (including phenoxy) is 2. The van der Waals surface area contributed by atoms with Gasteiger partial charge in [-0.15, -0.1) is 0 Å². The van der Waals surface area contributed by atoms with E-state index < -0.39 is 0 Å². The first-order valence-electron chi connectivity index (χ1n) is 6.85. The Balaban J connectivity index is 1.96. The minimum atomic E-state index is -0.166. The van der Waals surface area contributed by atoms with E-state index in [1.807, 2.05) is 36.4 Å². The van der Waals surface area contributed by atoms with Crippen LogP contribution in [-0.4, -0.2) is 23.2 Å². The highest BCUT2D eigenvalue weighted by atomic mass is 32.1. The van der Waals surface area contributed by atoms with Gasteiger partial charge in [0.2, 0.25) is 5.95 Å². The van der Waals surface area contributed by atoms with Crippen molar-refractivity contribution < 1.29 is 9.47 Å². The van der Waals surface area contributed by atoms with Gasteiger partial charge in [-0.1, -0.05) is 6.07 Å². The summed E-state index contributed by atoms with van der Waals surface area (Å²) in [5, 5.41) is 3.15. The van der Waals surface area contributed by atoms with Crippen LogP contribution in [0.25, 0.3) is 5.69 Å². The molecule has 0 atom stereocenters. The number of aromatic nitrogens is 2. The van der Waals surface area contributed by atoms with Gasteiger partial charge in [0, 0.05) is 23.3 Å². The van der Waals surface area contributed by atoms with Crippen molar-refractivity contribution in [2.45, 2.75) is 0 Å². The minimum Gasteiger partial charge on any atom is -0.497 e. The monoisotopic (exact) mass is 329 g/mol. The molecule has 7 heteroatoms. The van der Waals surface area contributed by atoms with E-state index in [9.17, 15) is 4.79 Å². The number of nitrogens with one attached hydrogen (secondary N) is 1. The lowest BCUT2D eigenvalue weighted by molar-refractivity contribution is 0.414. The summed E-state index contributed by atoms with van der Waals surface area (Å²) in [5.41, 5.74) is 1.51. The Hall–Kier alpha value is -2.80. The average Bonchev–Trinajstić information content (AvgIpc) is 2.95. The van der Waals surface area contributed by atoms with Crippen molar-refractivity contribution in [3.63, 3.8) is 0 Å². The molecule has 0 fully saturated rings. The maximum absolute atomic E-state index is 12.1. The van der Waals surface area contributed by atoms with E-state index in [2.05, 4.69) is 9.69 Å². The maximum atomic E-state index is 12.1. The summed E-state index contributed by atoms with van der Waals surface area (Å²) in [6, 6.07) is 14.7. The largest absolute Gasteiger partial charge is 0.497 e. The van der Waals surface area contributed by atoms with Crippen LogP contribution in [0.3, 0.4) is 0 Å². The third kappa shape index (κ3) is 3.19. The fraction of sp³-hybridized carbons (Fsp3) is 0.125. The number of anilines is 2. The molecule has 0 aliphatic rings. The van der Waals surface area contributed by atoms with Crippen LogP contribution in [0.5, 0.6) is 11.5 Å². The fourth-order valence-corrected chi connectivity index (χ4v) is 2.68. The van der Waals surface area contributed by atoms with Gasteiger partial charge in [0.05, 0.1) is 19.9 Å². The number of nitrogens with zero attached hydrogens (tertiary/aromatic N) is 2. The molecule has 2 aromatic carbocycles. The molecule has 0 spiro atoms. The molecule has 3 rings (SSSR count). The predicted molar refractivity (Wildman–Crippen MR) is 90.5 cm³/mol. The van der Waals surface area contributed by atoms with Crippen molar-refractivity contribution in [3.8, 4) is 17.2 Å². The molecule has 0 saturated heterocycles. The molecule has 23 heavy (non-hydrogen) atoms. The van der Waals surface area contributed by atoms with E-state index in [0.29, 0.717) is 5.95 Å². The van der Waals surface area contributed by atoms with Crippen LogP contribution in [-0.2, 0) is 0 Å². The predicted octanol–water partition coefficient (Wildman–Crippen LogP) is 3.05. The number of rotatable bonds is 5. The second kappa shape index (κ2) is 6.53. The van der Waals surface area contributed by atoms with Crippen molar-refractivity contribution >= 4 is 23.2 Å². The molecule has 0 bridgehead atoms. The normalized spacial score (nSPS) is 10.3. The number of hydrogen-bond donors (Lipinski definition) is 1. The summed E-state index contributed by atoms with van der Waals surface area (Å²) in [5.74, 6) is 1.91. The lowest BCUT2D eigenvalue weighted by Crippen LogP contribution is -2.13. The maximum Gasteiger partial charge on any atom is 0.332 e. The standard InChI is InChI=1S/C16H15N3O3S/c1-21-13-8-6-12(7-9-13)19-15(18-23-16(19)20)17-11-4-3-5-14(10-11)22-2/h3-10H,1-2H3,(H,17,18). The van der Waals surface area contributed by atoms with Gasteiger partial charge in [-0.3, -0.25) is 4.79 Å². The van der Waals surface area contributed by atoms with Crippen molar-refractivity contribution in [2.75, 3.05) is 19.5 Å². The van der Waals surface area contributed by atoms with Gasteiger partial charge in [0.1, 0.15) is 11.5 Å². The van der Waals surface area contributed by atoms with Crippen molar-refractivity contribution in [3.05, 3.63) is 58.2 Å². The van der Waals surface area contributed by atoms with Gasteiger partial charge in [-0.05, 0) is 36.4 Å². The fourth-order valence-electron chi connectivity index (χ4n) is 2.12. The van der Waals surface area contributed by atoms with Gasteiger partial charge in [-0.2, -0.15) is 4.37 Å². The smallest absolute Gasteiger partial charge is 0.332 e. The van der Waals surface area contributed by atoms with E-state index in [4.69, 9.17) is 9.47 Å². The SMILES string of the molecule is COc1ccc(-n2c(Nc3cccc(OC)c3)nsc2=O)cc1. The minimum absolute atomic E-state index is 0.166. The molecule has 3 aromatic rings. The van der Waals surface area contributed by atoms with Crippen molar-refractivity contribution in [1.82, 2.24) is 8.94 Å². The Kier molecular flexibility index (Phi) is 4.29. The van der Waals surface area contributed by atoms with Crippen LogP contribution in [0, 0.1) is 0 Å². The van der Waals surface area contributed by atoms with Crippen molar-refractivity contribution in [1.29, 1.82) is 0 Å². The van der Waals surface area contributed by atoms with Crippen molar-refractivity contribution in [2.24, 2.45) is 0 Å². The van der Waals surface area contributed by atoms with Gasteiger partial charge >= 0.3 is 4.87 Å². The average molecular weight is 329 g/mol. The number of hydrogen-bond acceptors (Lipinski definition) is 6. The lowest BCUT2D eigenvalue weighted by atomic mass is 10.3. The van der Waals surface area contributed by atoms with Gasteiger partial charge in [0.25, 0.3) is 0 Å². The van der Waals surface area contributed by atoms with Crippen LogP contribution >= 0.6 is 11.5 Å². The molecule has 0 unspecified atom stereocenters. The van der Waals surface area contributed by atoms with Crippen LogP contribution in [0.1, 0.15) is 0 Å². The molecular formula is C16H15N3O3S. The van der Waals surface area contributed by atoms with Crippen LogP contribution in [0.4, 0.5) is 11.6 Å². The van der Waals surface area contributed by atoms with E-state index >= 15 is 0 Å². The van der Waals surface area contributed by atoms with E-state index in [0.717, 1.165) is 34.4 Å². The second-order valence-electron chi connectivity index (χ2n) is 4.66.